The molecule has 0 amide bonds. The van der Waals surface area contributed by atoms with Gasteiger partial charge in [-0.05, 0) is 66.7 Å². The monoisotopic (exact) mass is 620 g/mol. The lowest BCUT2D eigenvalue weighted by Crippen LogP contribution is -2.01. The van der Waals surface area contributed by atoms with Crippen LogP contribution in [0.3, 0.4) is 0 Å². The van der Waals surface area contributed by atoms with E-state index in [1.165, 1.54) is 14.8 Å². The van der Waals surface area contributed by atoms with Crippen molar-refractivity contribution in [3.8, 4) is 40.2 Å². The van der Waals surface area contributed by atoms with E-state index in [1.54, 1.807) is 11.3 Å². The lowest BCUT2D eigenvalue weighted by Gasteiger charge is -2.10. The summed E-state index contributed by atoms with van der Waals surface area (Å²) in [6, 6.07) is 42.8. The number of hydrogen-bond acceptors (Lipinski definition) is 7. The summed E-state index contributed by atoms with van der Waals surface area (Å²) in [7, 11) is 0. The molecular weight excluding hydrogens is 601 g/mol. The summed E-state index contributed by atoms with van der Waals surface area (Å²) in [5.41, 5.74) is 5.52. The molecule has 4 heterocycles. The molecule has 10 rings (SSSR count). The lowest BCUT2D eigenvalue weighted by molar-refractivity contribution is 0.667. The maximum Gasteiger partial charge on any atom is 0.165 e. The van der Waals surface area contributed by atoms with E-state index in [9.17, 15) is 5.26 Å². The minimum Gasteiger partial charge on any atom is -0.456 e. The van der Waals surface area contributed by atoms with Crippen LogP contribution in [-0.2, 0) is 0 Å². The second kappa shape index (κ2) is 9.82. The number of thiophene rings is 1. The van der Waals surface area contributed by atoms with Crippen LogP contribution in [-0.4, -0.2) is 15.0 Å². The molecule has 0 saturated heterocycles. The van der Waals surface area contributed by atoms with Crippen molar-refractivity contribution in [3.05, 3.63) is 127 Å². The van der Waals surface area contributed by atoms with Crippen molar-refractivity contribution in [1.29, 1.82) is 5.26 Å². The molecule has 0 aliphatic carbocycles. The van der Waals surface area contributed by atoms with Gasteiger partial charge in [0.1, 0.15) is 28.4 Å². The smallest absolute Gasteiger partial charge is 0.165 e. The van der Waals surface area contributed by atoms with E-state index >= 15 is 0 Å². The summed E-state index contributed by atoms with van der Waals surface area (Å²) in [5.74, 6) is 1.42. The van der Waals surface area contributed by atoms with Crippen LogP contribution in [0, 0.1) is 11.3 Å². The molecule has 47 heavy (non-hydrogen) atoms. The van der Waals surface area contributed by atoms with Crippen LogP contribution in [0.25, 0.3) is 98.2 Å². The molecule has 0 saturated carbocycles. The molecule has 6 aromatic carbocycles. The summed E-state index contributed by atoms with van der Waals surface area (Å²) in [6.45, 7) is 0. The number of benzene rings is 6. The Bertz CT molecular complexity index is 2810. The fourth-order valence-electron chi connectivity index (χ4n) is 6.57. The number of fused-ring (bicyclic) bond motifs is 9. The first-order chi connectivity index (χ1) is 23.2. The normalized spacial score (nSPS) is 11.8. The van der Waals surface area contributed by atoms with Gasteiger partial charge < -0.3 is 8.83 Å². The Labute approximate surface area is 270 Å². The van der Waals surface area contributed by atoms with E-state index in [1.807, 2.05) is 66.7 Å². The Morgan fingerprint density at radius 1 is 0.489 bits per heavy atom. The van der Waals surface area contributed by atoms with Gasteiger partial charge in [-0.1, -0.05) is 54.6 Å². The molecule has 0 spiro atoms. The summed E-state index contributed by atoms with van der Waals surface area (Å²) in [6.07, 6.45) is 0. The van der Waals surface area contributed by atoms with Crippen LogP contribution in [0.1, 0.15) is 5.56 Å². The first-order valence-electron chi connectivity index (χ1n) is 15.2. The summed E-state index contributed by atoms with van der Waals surface area (Å²) in [5, 5.41) is 16.7. The molecule has 4 aromatic heterocycles. The van der Waals surface area contributed by atoms with E-state index in [0.717, 1.165) is 54.8 Å². The highest BCUT2D eigenvalue weighted by Crippen LogP contribution is 2.39. The lowest BCUT2D eigenvalue weighted by atomic mass is 10.0. The van der Waals surface area contributed by atoms with Crippen LogP contribution in [0.2, 0.25) is 0 Å². The molecule has 0 fully saturated rings. The minimum atomic E-state index is 0.386. The molecule has 0 radical (unpaired) electrons. The Morgan fingerprint density at radius 3 is 1.87 bits per heavy atom. The van der Waals surface area contributed by atoms with Crippen molar-refractivity contribution in [3.63, 3.8) is 0 Å². The molecule has 0 N–H and O–H groups in total. The van der Waals surface area contributed by atoms with Crippen molar-refractivity contribution in [2.45, 2.75) is 0 Å². The maximum atomic E-state index is 10.5. The van der Waals surface area contributed by atoms with Crippen LogP contribution >= 0.6 is 11.3 Å². The first kappa shape index (κ1) is 25.9. The van der Waals surface area contributed by atoms with Crippen LogP contribution < -0.4 is 0 Å². The first-order valence-corrected chi connectivity index (χ1v) is 16.0. The minimum absolute atomic E-state index is 0.386. The molecule has 0 aliphatic rings. The van der Waals surface area contributed by atoms with Gasteiger partial charge in [0, 0.05) is 58.4 Å². The van der Waals surface area contributed by atoms with Gasteiger partial charge in [0.25, 0.3) is 0 Å². The van der Waals surface area contributed by atoms with Gasteiger partial charge >= 0.3 is 0 Å². The molecule has 10 aromatic rings. The zero-order valence-corrected chi connectivity index (χ0v) is 25.4. The highest BCUT2D eigenvalue weighted by atomic mass is 32.1. The quantitative estimate of drug-likeness (QED) is 0.195. The predicted octanol–water partition coefficient (Wildman–Crippen LogP) is 10.9. The van der Waals surface area contributed by atoms with Crippen molar-refractivity contribution in [2.75, 3.05) is 0 Å². The number of hydrogen-bond donors (Lipinski definition) is 0. The van der Waals surface area contributed by atoms with E-state index < -0.39 is 0 Å². The van der Waals surface area contributed by atoms with Gasteiger partial charge in [-0.15, -0.1) is 11.3 Å². The molecule has 0 unspecified atom stereocenters. The summed E-state index contributed by atoms with van der Waals surface area (Å²) >= 11 is 1.77. The summed E-state index contributed by atoms with van der Waals surface area (Å²) < 4.78 is 14.7. The van der Waals surface area contributed by atoms with Gasteiger partial charge in [-0.2, -0.15) is 5.26 Å². The second-order valence-corrected chi connectivity index (χ2v) is 12.6. The van der Waals surface area contributed by atoms with E-state index in [4.69, 9.17) is 23.8 Å². The largest absolute Gasteiger partial charge is 0.456 e. The fourth-order valence-corrected chi connectivity index (χ4v) is 7.66. The van der Waals surface area contributed by atoms with Gasteiger partial charge in [-0.3, -0.25) is 0 Å². The zero-order chi connectivity index (χ0) is 31.1. The highest BCUT2D eigenvalue weighted by Gasteiger charge is 2.21. The Kier molecular flexibility index (Phi) is 5.41. The van der Waals surface area contributed by atoms with Gasteiger partial charge in [0.2, 0.25) is 0 Å². The average Bonchev–Trinajstić information content (AvgIpc) is 3.81. The number of rotatable bonds is 3. The maximum absolute atomic E-state index is 10.5. The van der Waals surface area contributed by atoms with Crippen molar-refractivity contribution >= 4 is 75.4 Å². The van der Waals surface area contributed by atoms with Gasteiger partial charge in [0.05, 0.1) is 0 Å². The number of nitriles is 1. The third-order valence-electron chi connectivity index (χ3n) is 8.80. The van der Waals surface area contributed by atoms with Gasteiger partial charge in [-0.25, -0.2) is 15.0 Å². The third-order valence-corrected chi connectivity index (χ3v) is 9.96. The standard InChI is InChI=1S/C40H20N4O2S/c41-21-31-28(16-15-27-24-7-1-5-11-33(24)46-37(27)31)40-43-38(22-13-17-34-29(19-22)25-8-2-4-10-32(25)45-34)42-39(44-40)23-14-18-36-30(20-23)26-9-3-6-12-35(26)47-36/h1-20H. The molecular formula is C40H20N4O2S. The van der Waals surface area contributed by atoms with Gasteiger partial charge in [0.15, 0.2) is 23.1 Å². The number of para-hydroxylation sites is 2. The molecule has 7 heteroatoms. The fraction of sp³-hybridized carbons (Fsp3) is 0. The summed E-state index contributed by atoms with van der Waals surface area (Å²) in [4.78, 5) is 15.0. The Balaban J connectivity index is 1.23. The van der Waals surface area contributed by atoms with Crippen molar-refractivity contribution < 1.29 is 8.83 Å². The molecule has 0 bridgehead atoms. The number of nitrogens with zero attached hydrogens (tertiary/aromatic N) is 4. The predicted molar refractivity (Wildman–Crippen MR) is 188 cm³/mol. The Morgan fingerprint density at radius 2 is 1.09 bits per heavy atom. The third kappa shape index (κ3) is 3.92. The molecule has 0 aliphatic heterocycles. The molecule has 6 nitrogen and oxygen atoms in total. The molecule has 218 valence electrons. The number of aromatic nitrogens is 3. The van der Waals surface area contributed by atoms with Crippen molar-refractivity contribution in [2.24, 2.45) is 0 Å². The SMILES string of the molecule is N#Cc1c(-c2nc(-c3ccc4oc5ccccc5c4c3)nc(-c3ccc4sc5ccccc5c4c3)n2)ccc2c1oc1ccccc12. The average molecular weight is 621 g/mol. The second-order valence-electron chi connectivity index (χ2n) is 11.5. The van der Waals surface area contributed by atoms with Crippen molar-refractivity contribution in [1.82, 2.24) is 15.0 Å². The van der Waals surface area contributed by atoms with Crippen LogP contribution in [0.5, 0.6) is 0 Å². The topological polar surface area (TPSA) is 88.7 Å². The van der Waals surface area contributed by atoms with E-state index in [2.05, 4.69) is 60.7 Å². The molecule has 0 atom stereocenters. The number of furan rings is 2. The highest BCUT2D eigenvalue weighted by molar-refractivity contribution is 7.25. The Hall–Kier alpha value is -6.36. The van der Waals surface area contributed by atoms with E-state index in [0.29, 0.717) is 34.2 Å². The van der Waals surface area contributed by atoms with Crippen LogP contribution in [0.15, 0.2) is 130 Å². The van der Waals surface area contributed by atoms with E-state index in [-0.39, 0.29) is 0 Å². The van der Waals surface area contributed by atoms with Crippen LogP contribution in [0.4, 0.5) is 0 Å². The zero-order valence-electron chi connectivity index (χ0n) is 24.6.